The summed E-state index contributed by atoms with van der Waals surface area (Å²) in [5.74, 6) is -0.446. The van der Waals surface area contributed by atoms with E-state index in [1.165, 1.54) is 36.2 Å². The zero-order valence-corrected chi connectivity index (χ0v) is 25.4. The molecule has 2 aromatic carbocycles. The number of esters is 1. The Bertz CT molecular complexity index is 1290. The van der Waals surface area contributed by atoms with Gasteiger partial charge in [-0.2, -0.15) is 0 Å². The molecule has 0 aliphatic carbocycles. The first-order chi connectivity index (χ1) is 19.4. The lowest BCUT2D eigenvalue weighted by Crippen LogP contribution is -2.29. The van der Waals surface area contributed by atoms with Crippen molar-refractivity contribution in [2.24, 2.45) is 0 Å². The van der Waals surface area contributed by atoms with Crippen LogP contribution in [0, 0.1) is 0 Å². The van der Waals surface area contributed by atoms with Gasteiger partial charge in [0, 0.05) is 30.1 Å². The largest absolute Gasteiger partial charge is 0.490 e. The van der Waals surface area contributed by atoms with Gasteiger partial charge in [-0.1, -0.05) is 86.1 Å². The van der Waals surface area contributed by atoms with Gasteiger partial charge >= 0.3 is 5.97 Å². The molecule has 4 rings (SSSR count). The SMILES string of the molecule is CCCCCCCOc1c(Cl)cc(C(=O)Nc2sc3c(c2C(=O)OCC)CCN(Cc2ccccc2)C3)cc1Cl. The summed E-state index contributed by atoms with van der Waals surface area (Å²) in [4.78, 5) is 29.7. The summed E-state index contributed by atoms with van der Waals surface area (Å²) in [7, 11) is 0. The monoisotopic (exact) mass is 602 g/mol. The van der Waals surface area contributed by atoms with Gasteiger partial charge in [0.2, 0.25) is 0 Å². The third-order valence-corrected chi connectivity index (χ3v) is 8.54. The minimum absolute atomic E-state index is 0.252. The third kappa shape index (κ3) is 7.78. The maximum atomic E-state index is 13.3. The van der Waals surface area contributed by atoms with Crippen molar-refractivity contribution in [1.82, 2.24) is 4.90 Å². The van der Waals surface area contributed by atoms with Crippen molar-refractivity contribution in [2.45, 2.75) is 65.5 Å². The minimum atomic E-state index is -0.425. The van der Waals surface area contributed by atoms with E-state index in [0.29, 0.717) is 35.9 Å². The molecule has 40 heavy (non-hydrogen) atoms. The van der Waals surface area contributed by atoms with Gasteiger partial charge in [-0.25, -0.2) is 4.79 Å². The van der Waals surface area contributed by atoms with E-state index in [1.807, 2.05) is 18.2 Å². The Morgan fingerprint density at radius 1 is 1.02 bits per heavy atom. The highest BCUT2D eigenvalue weighted by Crippen LogP contribution is 2.39. The highest BCUT2D eigenvalue weighted by molar-refractivity contribution is 7.17. The van der Waals surface area contributed by atoms with Gasteiger partial charge in [0.1, 0.15) is 5.00 Å². The number of unbranched alkanes of at least 4 members (excludes halogenated alkanes) is 4. The van der Waals surface area contributed by atoms with Crippen molar-refractivity contribution >= 4 is 51.4 Å². The molecular formula is C31H36Cl2N2O4S. The second-order valence-electron chi connectivity index (χ2n) is 9.86. The molecule has 1 amide bonds. The number of nitrogens with zero attached hydrogens (tertiary/aromatic N) is 1. The molecule has 214 valence electrons. The number of thiophene rings is 1. The molecular weight excluding hydrogens is 567 g/mol. The average Bonchev–Trinajstić information content (AvgIpc) is 3.29. The van der Waals surface area contributed by atoms with Crippen LogP contribution < -0.4 is 10.1 Å². The first kappa shape index (κ1) is 30.4. The first-order valence-electron chi connectivity index (χ1n) is 13.9. The van der Waals surface area contributed by atoms with Crippen LogP contribution in [0.1, 0.15) is 82.7 Å². The van der Waals surface area contributed by atoms with Crippen LogP contribution in [-0.2, 0) is 24.2 Å². The van der Waals surface area contributed by atoms with Crippen molar-refractivity contribution in [3.8, 4) is 5.75 Å². The Labute approximate surface area is 250 Å². The summed E-state index contributed by atoms with van der Waals surface area (Å²) in [6.45, 7) is 7.04. The van der Waals surface area contributed by atoms with Crippen molar-refractivity contribution in [2.75, 3.05) is 25.1 Å². The molecule has 1 aliphatic rings. The number of nitrogens with one attached hydrogen (secondary N) is 1. The molecule has 0 atom stereocenters. The predicted molar refractivity (Wildman–Crippen MR) is 163 cm³/mol. The Kier molecular flexibility index (Phi) is 11.3. The average molecular weight is 604 g/mol. The van der Waals surface area contributed by atoms with Crippen LogP contribution in [0.4, 0.5) is 5.00 Å². The molecule has 2 heterocycles. The van der Waals surface area contributed by atoms with Crippen LogP contribution in [0.15, 0.2) is 42.5 Å². The number of hydrogen-bond acceptors (Lipinski definition) is 6. The molecule has 1 aromatic heterocycles. The molecule has 0 radical (unpaired) electrons. The van der Waals surface area contributed by atoms with E-state index in [9.17, 15) is 9.59 Å². The highest BCUT2D eigenvalue weighted by atomic mass is 35.5. The zero-order valence-electron chi connectivity index (χ0n) is 23.1. The molecule has 0 bridgehead atoms. The van der Waals surface area contributed by atoms with Gasteiger partial charge in [0.15, 0.2) is 5.75 Å². The van der Waals surface area contributed by atoms with Crippen LogP contribution in [0.25, 0.3) is 0 Å². The quantitative estimate of drug-likeness (QED) is 0.157. The van der Waals surface area contributed by atoms with Gasteiger partial charge in [-0.05, 0) is 43.0 Å². The van der Waals surface area contributed by atoms with E-state index >= 15 is 0 Å². The molecule has 1 N–H and O–H groups in total. The maximum absolute atomic E-state index is 13.3. The van der Waals surface area contributed by atoms with Crippen molar-refractivity contribution in [1.29, 1.82) is 0 Å². The smallest absolute Gasteiger partial charge is 0.341 e. The number of carbonyl (C=O) groups is 2. The van der Waals surface area contributed by atoms with Crippen molar-refractivity contribution < 1.29 is 19.1 Å². The van der Waals surface area contributed by atoms with Gasteiger partial charge in [0.05, 0.1) is 28.8 Å². The van der Waals surface area contributed by atoms with E-state index in [-0.39, 0.29) is 22.2 Å². The summed E-state index contributed by atoms with van der Waals surface area (Å²) < 4.78 is 11.2. The van der Waals surface area contributed by atoms with E-state index in [1.54, 1.807) is 19.1 Å². The predicted octanol–water partition coefficient (Wildman–Crippen LogP) is 8.39. The third-order valence-electron chi connectivity index (χ3n) is 6.85. The van der Waals surface area contributed by atoms with Crippen LogP contribution in [0.2, 0.25) is 10.0 Å². The maximum Gasteiger partial charge on any atom is 0.341 e. The second kappa shape index (κ2) is 14.9. The van der Waals surface area contributed by atoms with E-state index in [2.05, 4.69) is 29.3 Å². The van der Waals surface area contributed by atoms with Gasteiger partial charge in [0.25, 0.3) is 5.91 Å². The van der Waals surface area contributed by atoms with E-state index in [0.717, 1.165) is 36.4 Å². The number of hydrogen-bond donors (Lipinski definition) is 1. The zero-order chi connectivity index (χ0) is 28.5. The lowest BCUT2D eigenvalue weighted by atomic mass is 10.0. The number of amides is 1. The molecule has 9 heteroatoms. The van der Waals surface area contributed by atoms with Crippen LogP contribution in [-0.4, -0.2) is 36.5 Å². The lowest BCUT2D eigenvalue weighted by molar-refractivity contribution is 0.0526. The number of anilines is 1. The fourth-order valence-corrected chi connectivity index (χ4v) is 6.69. The van der Waals surface area contributed by atoms with Gasteiger partial charge in [-0.15, -0.1) is 11.3 Å². The standard InChI is InChI=1S/C31H36Cl2N2O4S/c1-3-5-6-7-11-16-39-28-24(32)17-22(18-25(28)33)29(36)34-30-27(31(37)38-4-2)23-14-15-35(20-26(23)40-30)19-21-12-9-8-10-13-21/h8-10,12-13,17-18H,3-7,11,14-16,19-20H2,1-2H3,(H,34,36). The minimum Gasteiger partial charge on any atom is -0.490 e. The molecule has 0 saturated heterocycles. The number of carbonyl (C=O) groups excluding carboxylic acids is 2. The number of fused-ring (bicyclic) bond motifs is 1. The van der Waals surface area contributed by atoms with Gasteiger partial charge in [-0.3, -0.25) is 9.69 Å². The summed E-state index contributed by atoms with van der Waals surface area (Å²) in [6, 6.07) is 13.4. The molecule has 0 fully saturated rings. The van der Waals surface area contributed by atoms with Gasteiger partial charge < -0.3 is 14.8 Å². The Hall–Kier alpha value is -2.58. The fourth-order valence-electron chi connectivity index (χ4n) is 4.82. The normalized spacial score (nSPS) is 13.1. The number of ether oxygens (including phenoxy) is 2. The first-order valence-corrected chi connectivity index (χ1v) is 15.5. The Balaban J connectivity index is 1.49. The topological polar surface area (TPSA) is 67.9 Å². The van der Waals surface area contributed by atoms with Crippen molar-refractivity contribution in [3.63, 3.8) is 0 Å². The highest BCUT2D eigenvalue weighted by Gasteiger charge is 2.30. The number of benzene rings is 2. The number of rotatable bonds is 13. The van der Waals surface area contributed by atoms with E-state index < -0.39 is 11.9 Å². The second-order valence-corrected chi connectivity index (χ2v) is 11.8. The van der Waals surface area contributed by atoms with Crippen molar-refractivity contribution in [3.05, 3.63) is 79.6 Å². The molecule has 6 nitrogen and oxygen atoms in total. The Morgan fingerprint density at radius 2 is 1.75 bits per heavy atom. The Morgan fingerprint density at radius 3 is 2.45 bits per heavy atom. The molecule has 1 aliphatic heterocycles. The lowest BCUT2D eigenvalue weighted by Gasteiger charge is -2.27. The summed E-state index contributed by atoms with van der Waals surface area (Å²) in [5, 5.41) is 3.97. The summed E-state index contributed by atoms with van der Waals surface area (Å²) in [5.41, 5.74) is 2.91. The molecule has 3 aromatic rings. The molecule has 0 saturated carbocycles. The summed E-state index contributed by atoms with van der Waals surface area (Å²) >= 11 is 14.4. The van der Waals surface area contributed by atoms with E-state index in [4.69, 9.17) is 32.7 Å². The van der Waals surface area contributed by atoms with Crippen LogP contribution >= 0.6 is 34.5 Å². The fraction of sp³-hybridized carbons (Fsp3) is 0.419. The molecule has 0 spiro atoms. The van der Waals surface area contributed by atoms with Crippen LogP contribution in [0.5, 0.6) is 5.75 Å². The van der Waals surface area contributed by atoms with Crippen LogP contribution in [0.3, 0.4) is 0 Å². The number of halogens is 2. The molecule has 0 unspecified atom stereocenters. The summed E-state index contributed by atoms with van der Waals surface area (Å²) in [6.07, 6.45) is 6.27.